The van der Waals surface area contributed by atoms with Gasteiger partial charge in [0.05, 0.1) is 6.61 Å². The van der Waals surface area contributed by atoms with Crippen molar-refractivity contribution < 1.29 is 4.74 Å². The molecule has 0 bridgehead atoms. The minimum absolute atomic E-state index is 0.719. The minimum Gasteiger partial charge on any atom is -0.381 e. The summed E-state index contributed by atoms with van der Waals surface area (Å²) in [4.78, 5) is 2.68. The van der Waals surface area contributed by atoms with Gasteiger partial charge in [0.25, 0.3) is 0 Å². The van der Waals surface area contributed by atoms with Gasteiger partial charge in [-0.2, -0.15) is 0 Å². The van der Waals surface area contributed by atoms with Crippen molar-refractivity contribution in [2.75, 3.05) is 39.4 Å². The van der Waals surface area contributed by atoms with Crippen LogP contribution in [0.4, 0.5) is 0 Å². The van der Waals surface area contributed by atoms with E-state index in [1.165, 1.54) is 38.8 Å². The number of nitrogens with one attached hydrogen (secondary N) is 1. The quantitative estimate of drug-likeness (QED) is 0.786. The average Bonchev–Trinajstić information content (AvgIpc) is 2.89. The monoisotopic (exact) mass is 254 g/mol. The molecule has 0 saturated carbocycles. The lowest BCUT2D eigenvalue weighted by atomic mass is 10.0. The van der Waals surface area contributed by atoms with E-state index >= 15 is 0 Å². The van der Waals surface area contributed by atoms with E-state index in [1.54, 1.807) is 0 Å². The molecule has 0 aromatic rings. The third kappa shape index (κ3) is 4.22. The van der Waals surface area contributed by atoms with Gasteiger partial charge in [0, 0.05) is 25.7 Å². The Balaban J connectivity index is 1.68. The van der Waals surface area contributed by atoms with Crippen molar-refractivity contribution in [2.45, 2.75) is 45.6 Å². The summed E-state index contributed by atoms with van der Waals surface area (Å²) in [6, 6.07) is 0.719. The highest BCUT2D eigenvalue weighted by atomic mass is 16.5. The van der Waals surface area contributed by atoms with Crippen LogP contribution >= 0.6 is 0 Å². The molecule has 18 heavy (non-hydrogen) atoms. The van der Waals surface area contributed by atoms with Gasteiger partial charge in [0.15, 0.2) is 0 Å². The van der Waals surface area contributed by atoms with E-state index < -0.39 is 0 Å². The molecule has 0 aliphatic carbocycles. The van der Waals surface area contributed by atoms with Crippen LogP contribution in [0, 0.1) is 11.8 Å². The zero-order valence-corrected chi connectivity index (χ0v) is 12.2. The summed E-state index contributed by atoms with van der Waals surface area (Å²) in [5, 5.41) is 3.69. The fourth-order valence-corrected chi connectivity index (χ4v) is 3.26. The highest BCUT2D eigenvalue weighted by Gasteiger charge is 2.24. The maximum atomic E-state index is 5.54. The molecule has 2 fully saturated rings. The molecule has 0 aromatic carbocycles. The first kappa shape index (κ1) is 14.3. The van der Waals surface area contributed by atoms with Gasteiger partial charge >= 0.3 is 0 Å². The Morgan fingerprint density at radius 2 is 2.00 bits per heavy atom. The molecule has 2 aliphatic rings. The lowest BCUT2D eigenvalue weighted by molar-refractivity contribution is 0.0537. The summed E-state index contributed by atoms with van der Waals surface area (Å²) in [5.41, 5.74) is 0. The van der Waals surface area contributed by atoms with Crippen LogP contribution in [-0.2, 0) is 4.74 Å². The lowest BCUT2D eigenvalue weighted by Gasteiger charge is -2.32. The van der Waals surface area contributed by atoms with Crippen LogP contribution in [0.5, 0.6) is 0 Å². The molecule has 2 aliphatic heterocycles. The first-order valence-corrected chi connectivity index (χ1v) is 7.80. The highest BCUT2D eigenvalue weighted by molar-refractivity contribution is 4.81. The van der Waals surface area contributed by atoms with E-state index in [9.17, 15) is 0 Å². The number of likely N-dealkylation sites (tertiary alicyclic amines) is 1. The number of rotatable bonds is 6. The molecular weight excluding hydrogens is 224 g/mol. The molecule has 3 heteroatoms. The first-order valence-electron chi connectivity index (χ1n) is 7.80. The Hall–Kier alpha value is -0.120. The van der Waals surface area contributed by atoms with Gasteiger partial charge < -0.3 is 10.1 Å². The van der Waals surface area contributed by atoms with Gasteiger partial charge in [-0.1, -0.05) is 13.8 Å². The molecule has 2 rings (SSSR count). The maximum Gasteiger partial charge on any atom is 0.0506 e. The zero-order chi connectivity index (χ0) is 12.8. The maximum absolute atomic E-state index is 5.54. The standard InChI is InChI=1S/C15H30N2O/c1-13(2)15(17-7-3-4-8-17)11-16-10-14-6-5-9-18-12-14/h13-16H,3-12H2,1-2H3. The second-order valence-corrected chi connectivity index (χ2v) is 6.30. The number of ether oxygens (including phenoxy) is 1. The van der Waals surface area contributed by atoms with Crippen LogP contribution in [0.15, 0.2) is 0 Å². The zero-order valence-electron chi connectivity index (χ0n) is 12.2. The first-order chi connectivity index (χ1) is 8.77. The van der Waals surface area contributed by atoms with Crippen LogP contribution in [0.1, 0.15) is 39.5 Å². The van der Waals surface area contributed by atoms with E-state index in [0.717, 1.165) is 44.2 Å². The molecule has 1 N–H and O–H groups in total. The molecule has 2 atom stereocenters. The number of nitrogens with zero attached hydrogens (tertiary/aromatic N) is 1. The van der Waals surface area contributed by atoms with Crippen molar-refractivity contribution >= 4 is 0 Å². The third-order valence-corrected chi connectivity index (χ3v) is 4.42. The van der Waals surface area contributed by atoms with Gasteiger partial charge in [0.1, 0.15) is 0 Å². The smallest absolute Gasteiger partial charge is 0.0506 e. The van der Waals surface area contributed by atoms with Crippen LogP contribution in [0.25, 0.3) is 0 Å². The molecule has 0 radical (unpaired) electrons. The van der Waals surface area contributed by atoms with E-state index in [0.29, 0.717) is 0 Å². The summed E-state index contributed by atoms with van der Waals surface area (Å²) < 4.78 is 5.54. The molecule has 0 spiro atoms. The Bertz CT molecular complexity index is 221. The van der Waals surface area contributed by atoms with Crippen LogP contribution in [-0.4, -0.2) is 50.3 Å². The fourth-order valence-electron chi connectivity index (χ4n) is 3.26. The van der Waals surface area contributed by atoms with Crippen molar-refractivity contribution in [3.63, 3.8) is 0 Å². The topological polar surface area (TPSA) is 24.5 Å². The van der Waals surface area contributed by atoms with E-state index in [4.69, 9.17) is 4.74 Å². The highest BCUT2D eigenvalue weighted by Crippen LogP contribution is 2.17. The molecule has 2 heterocycles. The Labute approximate surface area is 112 Å². The molecule has 0 aromatic heterocycles. The number of hydrogen-bond acceptors (Lipinski definition) is 3. The van der Waals surface area contributed by atoms with E-state index in [2.05, 4.69) is 24.1 Å². The predicted octanol–water partition coefficient (Wildman–Crippen LogP) is 2.12. The van der Waals surface area contributed by atoms with Crippen molar-refractivity contribution in [1.82, 2.24) is 10.2 Å². The van der Waals surface area contributed by atoms with E-state index in [1.807, 2.05) is 0 Å². The van der Waals surface area contributed by atoms with E-state index in [-0.39, 0.29) is 0 Å². The molecule has 106 valence electrons. The number of hydrogen-bond donors (Lipinski definition) is 1. The second kappa shape index (κ2) is 7.46. The van der Waals surface area contributed by atoms with Gasteiger partial charge in [-0.3, -0.25) is 4.90 Å². The Kier molecular flexibility index (Phi) is 5.93. The third-order valence-electron chi connectivity index (χ3n) is 4.42. The molecular formula is C15H30N2O. The second-order valence-electron chi connectivity index (χ2n) is 6.30. The summed E-state index contributed by atoms with van der Waals surface area (Å²) in [6.45, 7) is 11.5. The average molecular weight is 254 g/mol. The van der Waals surface area contributed by atoms with Crippen molar-refractivity contribution in [3.8, 4) is 0 Å². The van der Waals surface area contributed by atoms with Gasteiger partial charge in [-0.15, -0.1) is 0 Å². The molecule has 0 amide bonds. The normalized spacial score (nSPS) is 27.8. The largest absolute Gasteiger partial charge is 0.381 e. The summed E-state index contributed by atoms with van der Waals surface area (Å²) >= 11 is 0. The van der Waals surface area contributed by atoms with Gasteiger partial charge in [-0.25, -0.2) is 0 Å². The SMILES string of the molecule is CC(C)C(CNCC1CCCOC1)N1CCCC1. The van der Waals surface area contributed by atoms with Gasteiger partial charge in [0.2, 0.25) is 0 Å². The lowest BCUT2D eigenvalue weighted by Crippen LogP contribution is -2.45. The van der Waals surface area contributed by atoms with Gasteiger partial charge in [-0.05, 0) is 50.6 Å². The van der Waals surface area contributed by atoms with Crippen LogP contribution in [0.3, 0.4) is 0 Å². The predicted molar refractivity (Wildman–Crippen MR) is 75.8 cm³/mol. The van der Waals surface area contributed by atoms with Crippen molar-refractivity contribution in [3.05, 3.63) is 0 Å². The molecule has 3 nitrogen and oxygen atoms in total. The minimum atomic E-state index is 0.719. The Morgan fingerprint density at radius 1 is 1.22 bits per heavy atom. The van der Waals surface area contributed by atoms with Crippen LogP contribution < -0.4 is 5.32 Å². The summed E-state index contributed by atoms with van der Waals surface area (Å²) in [5.74, 6) is 1.49. The molecule has 2 unspecified atom stereocenters. The summed E-state index contributed by atoms with van der Waals surface area (Å²) in [6.07, 6.45) is 5.36. The van der Waals surface area contributed by atoms with Crippen LogP contribution in [0.2, 0.25) is 0 Å². The Morgan fingerprint density at radius 3 is 2.61 bits per heavy atom. The summed E-state index contributed by atoms with van der Waals surface area (Å²) in [7, 11) is 0. The molecule has 2 saturated heterocycles. The van der Waals surface area contributed by atoms with Crippen molar-refractivity contribution in [2.24, 2.45) is 11.8 Å². The van der Waals surface area contributed by atoms with Crippen molar-refractivity contribution in [1.29, 1.82) is 0 Å². The fraction of sp³-hybridized carbons (Fsp3) is 1.00.